The molecule has 7 nitrogen and oxygen atoms in total. The van der Waals surface area contributed by atoms with Gasteiger partial charge in [0.15, 0.2) is 11.5 Å². The SMILES string of the molecule is COc1cc(C(=O)NC2CCN(c3cc(C)ncn3)CC2)cc(Cl)c1OC. The number of anilines is 1. The topological polar surface area (TPSA) is 76.6 Å². The summed E-state index contributed by atoms with van der Waals surface area (Å²) in [6.07, 6.45) is 3.27. The van der Waals surface area contributed by atoms with Crippen molar-refractivity contribution in [3.63, 3.8) is 0 Å². The number of carbonyl (C=O) groups excluding carboxylic acids is 1. The molecule has 0 atom stereocenters. The maximum absolute atomic E-state index is 12.6. The molecule has 1 aromatic heterocycles. The molecule has 0 unspecified atom stereocenters. The van der Waals surface area contributed by atoms with Gasteiger partial charge in [-0.25, -0.2) is 9.97 Å². The molecule has 1 aromatic carbocycles. The van der Waals surface area contributed by atoms with Crippen LogP contribution in [0.25, 0.3) is 0 Å². The van der Waals surface area contributed by atoms with Crippen molar-refractivity contribution in [2.75, 3.05) is 32.2 Å². The van der Waals surface area contributed by atoms with Gasteiger partial charge in [0.2, 0.25) is 0 Å². The van der Waals surface area contributed by atoms with Crippen LogP contribution in [0.5, 0.6) is 11.5 Å². The minimum atomic E-state index is -0.172. The number of nitrogens with one attached hydrogen (secondary N) is 1. The van der Waals surface area contributed by atoms with Gasteiger partial charge in [-0.15, -0.1) is 0 Å². The Balaban J connectivity index is 1.62. The molecule has 0 saturated carbocycles. The lowest BCUT2D eigenvalue weighted by Crippen LogP contribution is -2.45. The van der Waals surface area contributed by atoms with E-state index in [-0.39, 0.29) is 11.9 Å². The predicted octanol–water partition coefficient (Wildman–Crippen LogP) is 2.85. The van der Waals surface area contributed by atoms with Crippen molar-refractivity contribution in [2.45, 2.75) is 25.8 Å². The molecule has 0 bridgehead atoms. The van der Waals surface area contributed by atoms with Crippen molar-refractivity contribution < 1.29 is 14.3 Å². The lowest BCUT2D eigenvalue weighted by atomic mass is 10.0. The molecule has 2 aromatic rings. The van der Waals surface area contributed by atoms with Crippen LogP contribution in [0.3, 0.4) is 0 Å². The third kappa shape index (κ3) is 4.42. The Labute approximate surface area is 163 Å². The van der Waals surface area contributed by atoms with Crippen LogP contribution in [0.1, 0.15) is 28.9 Å². The first-order valence-corrected chi connectivity index (χ1v) is 9.15. The number of aryl methyl sites for hydroxylation is 1. The monoisotopic (exact) mass is 390 g/mol. The molecule has 0 radical (unpaired) electrons. The molecule has 2 heterocycles. The average Bonchev–Trinajstić information content (AvgIpc) is 2.67. The highest BCUT2D eigenvalue weighted by Crippen LogP contribution is 2.36. The van der Waals surface area contributed by atoms with Gasteiger partial charge in [-0.3, -0.25) is 4.79 Å². The maximum Gasteiger partial charge on any atom is 0.251 e. The van der Waals surface area contributed by atoms with E-state index in [1.807, 2.05) is 13.0 Å². The van der Waals surface area contributed by atoms with Gasteiger partial charge in [0.05, 0.1) is 19.2 Å². The smallest absolute Gasteiger partial charge is 0.251 e. The van der Waals surface area contributed by atoms with E-state index < -0.39 is 0 Å². The predicted molar refractivity (Wildman–Crippen MR) is 104 cm³/mol. The van der Waals surface area contributed by atoms with E-state index in [2.05, 4.69) is 20.2 Å². The molecule has 1 aliphatic rings. The summed E-state index contributed by atoms with van der Waals surface area (Å²) in [6, 6.07) is 5.31. The molecular formula is C19H23ClN4O3. The quantitative estimate of drug-likeness (QED) is 0.845. The van der Waals surface area contributed by atoms with Crippen LogP contribution in [-0.4, -0.2) is 49.2 Å². The van der Waals surface area contributed by atoms with E-state index in [1.165, 1.54) is 14.2 Å². The number of rotatable bonds is 5. The molecule has 3 rings (SSSR count). The maximum atomic E-state index is 12.6. The molecule has 0 spiro atoms. The first-order chi connectivity index (χ1) is 13.0. The Kier molecular flexibility index (Phi) is 6.01. The lowest BCUT2D eigenvalue weighted by Gasteiger charge is -2.33. The highest BCUT2D eigenvalue weighted by atomic mass is 35.5. The molecule has 144 valence electrons. The van der Waals surface area contributed by atoms with Gasteiger partial charge in [-0.1, -0.05) is 11.6 Å². The highest BCUT2D eigenvalue weighted by Gasteiger charge is 2.23. The number of aromatic nitrogens is 2. The zero-order valence-corrected chi connectivity index (χ0v) is 16.4. The van der Waals surface area contributed by atoms with Gasteiger partial charge in [0, 0.05) is 36.5 Å². The fourth-order valence-electron chi connectivity index (χ4n) is 3.18. The summed E-state index contributed by atoms with van der Waals surface area (Å²) in [6.45, 7) is 3.61. The van der Waals surface area contributed by atoms with Gasteiger partial charge < -0.3 is 19.7 Å². The van der Waals surface area contributed by atoms with E-state index in [1.54, 1.807) is 18.5 Å². The Morgan fingerprint density at radius 3 is 2.56 bits per heavy atom. The van der Waals surface area contributed by atoms with Crippen molar-refractivity contribution >= 4 is 23.3 Å². The van der Waals surface area contributed by atoms with Gasteiger partial charge in [0.1, 0.15) is 12.1 Å². The summed E-state index contributed by atoms with van der Waals surface area (Å²) < 4.78 is 10.5. The van der Waals surface area contributed by atoms with Crippen LogP contribution in [0.2, 0.25) is 5.02 Å². The molecule has 1 amide bonds. The summed E-state index contributed by atoms with van der Waals surface area (Å²) >= 11 is 6.20. The average molecular weight is 391 g/mol. The highest BCUT2D eigenvalue weighted by molar-refractivity contribution is 6.32. The number of benzene rings is 1. The number of hydrogen-bond donors (Lipinski definition) is 1. The lowest BCUT2D eigenvalue weighted by molar-refractivity contribution is 0.0930. The molecule has 1 N–H and O–H groups in total. The van der Waals surface area contributed by atoms with Crippen LogP contribution in [0.15, 0.2) is 24.5 Å². The van der Waals surface area contributed by atoms with E-state index in [9.17, 15) is 4.79 Å². The van der Waals surface area contributed by atoms with Crippen molar-refractivity contribution in [1.82, 2.24) is 15.3 Å². The second kappa shape index (κ2) is 8.43. The fraction of sp³-hybridized carbons (Fsp3) is 0.421. The first-order valence-electron chi connectivity index (χ1n) is 8.77. The number of amides is 1. The molecular weight excluding hydrogens is 368 g/mol. The zero-order valence-electron chi connectivity index (χ0n) is 15.7. The number of hydrogen-bond acceptors (Lipinski definition) is 6. The zero-order chi connectivity index (χ0) is 19.4. The normalized spacial score (nSPS) is 14.7. The van der Waals surface area contributed by atoms with Crippen LogP contribution in [0.4, 0.5) is 5.82 Å². The van der Waals surface area contributed by atoms with Crippen molar-refractivity contribution in [3.05, 3.63) is 40.8 Å². The Hall–Kier alpha value is -2.54. The summed E-state index contributed by atoms with van der Waals surface area (Å²) in [4.78, 5) is 23.3. The van der Waals surface area contributed by atoms with Gasteiger partial charge in [-0.2, -0.15) is 0 Å². The molecule has 1 fully saturated rings. The van der Waals surface area contributed by atoms with E-state index in [0.717, 1.165) is 37.4 Å². The van der Waals surface area contributed by atoms with E-state index in [4.69, 9.17) is 21.1 Å². The minimum Gasteiger partial charge on any atom is -0.493 e. The summed E-state index contributed by atoms with van der Waals surface area (Å²) in [5.41, 5.74) is 1.40. The van der Waals surface area contributed by atoms with Crippen molar-refractivity contribution in [3.8, 4) is 11.5 Å². The molecule has 0 aliphatic carbocycles. The fourth-order valence-corrected chi connectivity index (χ4v) is 3.47. The van der Waals surface area contributed by atoms with Gasteiger partial charge in [-0.05, 0) is 31.9 Å². The van der Waals surface area contributed by atoms with E-state index in [0.29, 0.717) is 22.1 Å². The molecule has 27 heavy (non-hydrogen) atoms. The summed E-state index contributed by atoms with van der Waals surface area (Å²) in [5, 5.41) is 3.42. The van der Waals surface area contributed by atoms with Gasteiger partial charge in [0.25, 0.3) is 5.91 Å². The Bertz CT molecular complexity index is 823. The second-order valence-corrected chi connectivity index (χ2v) is 6.85. The van der Waals surface area contributed by atoms with Crippen LogP contribution in [0, 0.1) is 6.92 Å². The largest absolute Gasteiger partial charge is 0.493 e. The standard InChI is InChI=1S/C19H23ClN4O3/c1-12-8-17(22-11-21-12)24-6-4-14(5-7-24)23-19(25)13-9-15(20)18(27-3)16(10-13)26-2/h8-11,14H,4-7H2,1-3H3,(H,23,25). The minimum absolute atomic E-state index is 0.101. The first kappa shape index (κ1) is 19.2. The third-order valence-electron chi connectivity index (χ3n) is 4.64. The molecule has 1 saturated heterocycles. The number of nitrogens with zero attached hydrogens (tertiary/aromatic N) is 3. The number of carbonyl (C=O) groups is 1. The number of methoxy groups -OCH3 is 2. The number of ether oxygens (including phenoxy) is 2. The molecule has 8 heteroatoms. The third-order valence-corrected chi connectivity index (χ3v) is 4.92. The summed E-state index contributed by atoms with van der Waals surface area (Å²) in [7, 11) is 3.02. The Morgan fingerprint density at radius 2 is 1.93 bits per heavy atom. The molecule has 1 aliphatic heterocycles. The number of halogens is 1. The van der Waals surface area contributed by atoms with Crippen LogP contribution < -0.4 is 19.7 Å². The van der Waals surface area contributed by atoms with Crippen LogP contribution >= 0.6 is 11.6 Å². The van der Waals surface area contributed by atoms with Crippen LogP contribution in [-0.2, 0) is 0 Å². The second-order valence-electron chi connectivity index (χ2n) is 6.45. The summed E-state index contributed by atoms with van der Waals surface area (Å²) in [5.74, 6) is 1.61. The number of piperidine rings is 1. The van der Waals surface area contributed by atoms with Crippen molar-refractivity contribution in [1.29, 1.82) is 0 Å². The van der Waals surface area contributed by atoms with E-state index >= 15 is 0 Å². The van der Waals surface area contributed by atoms with Crippen molar-refractivity contribution in [2.24, 2.45) is 0 Å². The Morgan fingerprint density at radius 1 is 1.19 bits per heavy atom. The van der Waals surface area contributed by atoms with Gasteiger partial charge >= 0.3 is 0 Å².